The van der Waals surface area contributed by atoms with Crippen LogP contribution in [0.25, 0.3) is 0 Å². The molecular weight excluding hydrogens is 248 g/mol. The fourth-order valence-electron chi connectivity index (χ4n) is 4.36. The molecule has 2 aliphatic rings. The van der Waals surface area contributed by atoms with Gasteiger partial charge in [0.05, 0.1) is 11.2 Å². The molecule has 1 aliphatic heterocycles. The van der Waals surface area contributed by atoms with E-state index in [1.54, 1.807) is 0 Å². The van der Waals surface area contributed by atoms with Crippen molar-refractivity contribution < 1.29 is 9.53 Å². The molecule has 0 aromatic heterocycles. The summed E-state index contributed by atoms with van der Waals surface area (Å²) in [6.07, 6.45) is 5.52. The summed E-state index contributed by atoms with van der Waals surface area (Å²) in [4.78, 5) is 12.9. The summed E-state index contributed by atoms with van der Waals surface area (Å²) in [5, 5.41) is 0. The number of carbonyl (C=O) groups is 1. The van der Waals surface area contributed by atoms with Gasteiger partial charge in [0.15, 0.2) is 0 Å². The lowest BCUT2D eigenvalue weighted by Crippen LogP contribution is -2.38. The second kappa shape index (κ2) is 5.44. The molecule has 0 aromatic carbocycles. The van der Waals surface area contributed by atoms with Crippen LogP contribution in [0.1, 0.15) is 73.6 Å². The van der Waals surface area contributed by atoms with Gasteiger partial charge in [-0.05, 0) is 71.6 Å². The van der Waals surface area contributed by atoms with Crippen LogP contribution in [-0.2, 0) is 9.53 Å². The first-order valence-corrected chi connectivity index (χ1v) is 8.36. The van der Waals surface area contributed by atoms with Crippen molar-refractivity contribution in [3.63, 3.8) is 0 Å². The highest BCUT2D eigenvalue weighted by Gasteiger charge is 2.50. The van der Waals surface area contributed by atoms with Gasteiger partial charge >= 0.3 is 0 Å². The van der Waals surface area contributed by atoms with Gasteiger partial charge in [0.25, 0.3) is 0 Å². The van der Waals surface area contributed by atoms with E-state index in [9.17, 15) is 4.79 Å². The van der Waals surface area contributed by atoms with Crippen molar-refractivity contribution in [1.29, 1.82) is 0 Å². The number of hydrogen-bond donors (Lipinski definition) is 0. The number of Topliss-reactive ketones (excluding diaryl/α,β-unsaturated/α-hetero) is 1. The molecule has 0 amide bonds. The normalized spacial score (nSPS) is 36.2. The Morgan fingerprint density at radius 2 is 1.60 bits per heavy atom. The molecule has 2 fully saturated rings. The van der Waals surface area contributed by atoms with Crippen molar-refractivity contribution in [1.82, 2.24) is 0 Å². The van der Waals surface area contributed by atoms with Crippen LogP contribution in [0.4, 0.5) is 0 Å². The van der Waals surface area contributed by atoms with Crippen molar-refractivity contribution in [2.75, 3.05) is 0 Å². The van der Waals surface area contributed by atoms with Gasteiger partial charge in [0, 0.05) is 11.8 Å². The van der Waals surface area contributed by atoms with E-state index in [1.807, 2.05) is 0 Å². The fraction of sp³-hybridized carbons (Fsp3) is 0.944. The van der Waals surface area contributed by atoms with Gasteiger partial charge in [-0.15, -0.1) is 0 Å². The first-order chi connectivity index (χ1) is 9.12. The highest BCUT2D eigenvalue weighted by Crippen LogP contribution is 2.45. The Hall–Kier alpha value is -0.370. The lowest BCUT2D eigenvalue weighted by molar-refractivity contribution is -0.134. The van der Waals surface area contributed by atoms with E-state index in [-0.39, 0.29) is 23.0 Å². The lowest BCUT2D eigenvalue weighted by atomic mass is 9.71. The molecule has 0 bridgehead atoms. The fourth-order valence-corrected chi connectivity index (χ4v) is 4.36. The van der Waals surface area contributed by atoms with Crippen molar-refractivity contribution in [3.8, 4) is 0 Å². The zero-order valence-electron chi connectivity index (χ0n) is 14.2. The average molecular weight is 280 g/mol. The van der Waals surface area contributed by atoms with E-state index in [1.165, 1.54) is 12.8 Å². The standard InChI is InChI=1S/C18H32O2/c1-12(2)13-7-9-14(10-8-13)16(19)15-11-17(3,4)20-18(15,5)6/h12-15H,7-11H2,1-6H3. The van der Waals surface area contributed by atoms with Crippen LogP contribution < -0.4 is 0 Å². The molecule has 116 valence electrons. The Balaban J connectivity index is 1.99. The van der Waals surface area contributed by atoms with Gasteiger partial charge in [-0.25, -0.2) is 0 Å². The Kier molecular flexibility index (Phi) is 4.35. The van der Waals surface area contributed by atoms with Gasteiger partial charge in [0.1, 0.15) is 5.78 Å². The Bertz CT molecular complexity index is 360. The summed E-state index contributed by atoms with van der Waals surface area (Å²) < 4.78 is 6.10. The number of ether oxygens (including phenoxy) is 1. The maximum atomic E-state index is 12.9. The van der Waals surface area contributed by atoms with E-state index in [0.29, 0.717) is 5.78 Å². The van der Waals surface area contributed by atoms with E-state index in [0.717, 1.165) is 31.1 Å². The quantitative estimate of drug-likeness (QED) is 0.754. The minimum Gasteiger partial charge on any atom is -0.369 e. The molecule has 1 heterocycles. The second-order valence-electron chi connectivity index (χ2n) is 8.48. The maximum absolute atomic E-state index is 12.9. The summed E-state index contributed by atoms with van der Waals surface area (Å²) >= 11 is 0. The summed E-state index contributed by atoms with van der Waals surface area (Å²) in [7, 11) is 0. The predicted molar refractivity (Wildman–Crippen MR) is 82.6 cm³/mol. The molecule has 1 saturated carbocycles. The molecule has 0 spiro atoms. The zero-order valence-corrected chi connectivity index (χ0v) is 14.2. The summed E-state index contributed by atoms with van der Waals surface area (Å²) in [6.45, 7) is 13.0. The third-order valence-corrected chi connectivity index (χ3v) is 5.53. The molecule has 2 rings (SSSR count). The van der Waals surface area contributed by atoms with Crippen molar-refractivity contribution in [2.24, 2.45) is 23.7 Å². The number of ketones is 1. The molecular formula is C18H32O2. The number of carbonyl (C=O) groups excluding carboxylic acids is 1. The predicted octanol–water partition coefficient (Wildman–Crippen LogP) is 4.61. The second-order valence-corrected chi connectivity index (χ2v) is 8.48. The monoisotopic (exact) mass is 280 g/mol. The molecule has 2 nitrogen and oxygen atoms in total. The first-order valence-electron chi connectivity index (χ1n) is 8.36. The molecule has 0 N–H and O–H groups in total. The molecule has 0 aromatic rings. The minimum atomic E-state index is -0.296. The van der Waals surface area contributed by atoms with Crippen LogP contribution in [0.2, 0.25) is 0 Å². The van der Waals surface area contributed by atoms with Gasteiger partial charge in [-0.1, -0.05) is 13.8 Å². The first kappa shape index (κ1) is 16.0. The topological polar surface area (TPSA) is 26.3 Å². The van der Waals surface area contributed by atoms with Crippen LogP contribution >= 0.6 is 0 Å². The molecule has 1 aliphatic carbocycles. The van der Waals surface area contributed by atoms with Crippen LogP contribution in [0.3, 0.4) is 0 Å². The van der Waals surface area contributed by atoms with Crippen LogP contribution in [0.5, 0.6) is 0 Å². The average Bonchev–Trinajstić information content (AvgIpc) is 2.56. The molecule has 1 unspecified atom stereocenters. The van der Waals surface area contributed by atoms with E-state index in [4.69, 9.17) is 4.74 Å². The number of rotatable bonds is 3. The molecule has 0 radical (unpaired) electrons. The summed E-state index contributed by atoms with van der Waals surface area (Å²) in [5.74, 6) is 2.42. The zero-order chi connectivity index (χ0) is 15.1. The third-order valence-electron chi connectivity index (χ3n) is 5.53. The lowest BCUT2D eigenvalue weighted by Gasteiger charge is -2.33. The van der Waals surface area contributed by atoms with Crippen molar-refractivity contribution >= 4 is 5.78 Å². The van der Waals surface area contributed by atoms with Crippen LogP contribution in [-0.4, -0.2) is 17.0 Å². The summed E-state index contributed by atoms with van der Waals surface area (Å²) in [5.41, 5.74) is -0.450. The van der Waals surface area contributed by atoms with E-state index in [2.05, 4.69) is 41.5 Å². The SMILES string of the molecule is CC(C)C1CCC(C(=O)C2CC(C)(C)OC2(C)C)CC1. The van der Waals surface area contributed by atoms with Crippen LogP contribution in [0, 0.1) is 23.7 Å². The molecule has 1 saturated heterocycles. The minimum absolute atomic E-state index is 0.0816. The Morgan fingerprint density at radius 1 is 1.05 bits per heavy atom. The Morgan fingerprint density at radius 3 is 2.00 bits per heavy atom. The molecule has 2 heteroatoms. The maximum Gasteiger partial charge on any atom is 0.142 e. The Labute approximate surface area is 124 Å². The number of hydrogen-bond acceptors (Lipinski definition) is 2. The highest BCUT2D eigenvalue weighted by atomic mass is 16.5. The van der Waals surface area contributed by atoms with E-state index < -0.39 is 0 Å². The van der Waals surface area contributed by atoms with Crippen molar-refractivity contribution in [3.05, 3.63) is 0 Å². The third kappa shape index (κ3) is 3.27. The van der Waals surface area contributed by atoms with Gasteiger partial charge in [-0.3, -0.25) is 4.79 Å². The van der Waals surface area contributed by atoms with Crippen molar-refractivity contribution in [2.45, 2.75) is 84.8 Å². The van der Waals surface area contributed by atoms with E-state index >= 15 is 0 Å². The largest absolute Gasteiger partial charge is 0.369 e. The van der Waals surface area contributed by atoms with Gasteiger partial charge in [0.2, 0.25) is 0 Å². The van der Waals surface area contributed by atoms with Gasteiger partial charge < -0.3 is 4.74 Å². The smallest absolute Gasteiger partial charge is 0.142 e. The van der Waals surface area contributed by atoms with Crippen LogP contribution in [0.15, 0.2) is 0 Å². The van der Waals surface area contributed by atoms with Gasteiger partial charge in [-0.2, -0.15) is 0 Å². The molecule has 20 heavy (non-hydrogen) atoms. The summed E-state index contributed by atoms with van der Waals surface area (Å²) in [6, 6.07) is 0. The highest BCUT2D eigenvalue weighted by molar-refractivity contribution is 5.85. The molecule has 1 atom stereocenters.